The average Bonchev–Trinajstić information content (AvgIpc) is 2.53. The van der Waals surface area contributed by atoms with E-state index in [0.29, 0.717) is 5.56 Å². The molecule has 0 spiro atoms. The molecule has 26 heavy (non-hydrogen) atoms. The number of amides is 1. The number of alkyl halides is 3. The molecule has 0 aliphatic rings. The zero-order valence-electron chi connectivity index (χ0n) is 13.7. The zero-order valence-corrected chi connectivity index (χ0v) is 14.6. The number of carbonyl (C=O) groups excluding carboxylic acids is 1. The highest BCUT2D eigenvalue weighted by atomic mass is 32.2. The van der Waals surface area contributed by atoms with Crippen molar-refractivity contribution in [2.45, 2.75) is 30.5 Å². The Bertz CT molecular complexity index is 911. The van der Waals surface area contributed by atoms with E-state index in [9.17, 15) is 26.4 Å². The van der Waals surface area contributed by atoms with E-state index < -0.39 is 33.7 Å². The van der Waals surface area contributed by atoms with Crippen LogP contribution in [0.4, 0.5) is 13.2 Å². The van der Waals surface area contributed by atoms with Crippen LogP contribution in [-0.2, 0) is 27.4 Å². The summed E-state index contributed by atoms with van der Waals surface area (Å²) in [7, 11) is -3.87. The molecule has 0 aliphatic carbocycles. The van der Waals surface area contributed by atoms with Crippen LogP contribution in [-0.4, -0.2) is 14.3 Å². The number of nitrogens with two attached hydrogens (primary N) is 1. The number of benzene rings is 2. The van der Waals surface area contributed by atoms with E-state index >= 15 is 0 Å². The molecule has 5 nitrogen and oxygen atoms in total. The second-order valence-corrected chi connectivity index (χ2v) is 7.34. The van der Waals surface area contributed by atoms with Gasteiger partial charge in [0.2, 0.25) is 15.9 Å². The first-order valence-corrected chi connectivity index (χ1v) is 9.10. The minimum absolute atomic E-state index is 0.0889. The van der Waals surface area contributed by atoms with E-state index in [4.69, 9.17) is 5.14 Å². The fourth-order valence-electron chi connectivity index (χ4n) is 2.38. The second-order valence-electron chi connectivity index (χ2n) is 5.78. The number of nitrogens with one attached hydrogen (secondary N) is 1. The third-order valence-electron chi connectivity index (χ3n) is 3.68. The number of carbonyl (C=O) groups is 1. The third-order valence-corrected chi connectivity index (χ3v) is 4.59. The number of primary sulfonamides is 1. The molecule has 140 valence electrons. The van der Waals surface area contributed by atoms with Crippen LogP contribution < -0.4 is 10.5 Å². The molecule has 2 aromatic rings. The van der Waals surface area contributed by atoms with Gasteiger partial charge in [-0.3, -0.25) is 4.79 Å². The van der Waals surface area contributed by atoms with Crippen molar-refractivity contribution in [2.75, 3.05) is 0 Å². The Hall–Kier alpha value is -2.39. The fraction of sp³-hybridized carbons (Fsp3) is 0.235. The van der Waals surface area contributed by atoms with Crippen molar-refractivity contribution < 1.29 is 26.4 Å². The summed E-state index contributed by atoms with van der Waals surface area (Å²) in [4.78, 5) is 12.0. The van der Waals surface area contributed by atoms with Crippen LogP contribution in [0.3, 0.4) is 0 Å². The molecule has 0 aliphatic heterocycles. The predicted molar refractivity (Wildman–Crippen MR) is 89.5 cm³/mol. The minimum Gasteiger partial charge on any atom is -0.349 e. The first-order valence-electron chi connectivity index (χ1n) is 7.55. The molecule has 0 aromatic heterocycles. The molecular formula is C17H17F3N2O3S. The Morgan fingerprint density at radius 1 is 1.15 bits per heavy atom. The van der Waals surface area contributed by atoms with Crippen molar-refractivity contribution in [2.24, 2.45) is 5.14 Å². The van der Waals surface area contributed by atoms with Gasteiger partial charge in [-0.15, -0.1) is 0 Å². The fourth-order valence-corrected chi connectivity index (χ4v) is 2.95. The molecule has 0 unspecified atom stereocenters. The van der Waals surface area contributed by atoms with E-state index in [1.165, 1.54) is 30.3 Å². The Kier molecular flexibility index (Phi) is 5.72. The number of halogens is 3. The molecule has 9 heteroatoms. The zero-order chi connectivity index (χ0) is 19.5. The number of sulfonamides is 1. The molecule has 1 atom stereocenters. The van der Waals surface area contributed by atoms with E-state index in [0.717, 1.165) is 12.1 Å². The summed E-state index contributed by atoms with van der Waals surface area (Å²) in [6.45, 7) is 1.63. The molecule has 1 amide bonds. The maximum Gasteiger partial charge on any atom is 0.416 e. The Balaban J connectivity index is 2.09. The van der Waals surface area contributed by atoms with Crippen LogP contribution >= 0.6 is 0 Å². The van der Waals surface area contributed by atoms with Gasteiger partial charge in [-0.1, -0.05) is 30.3 Å². The van der Waals surface area contributed by atoms with Crippen molar-refractivity contribution >= 4 is 15.9 Å². The summed E-state index contributed by atoms with van der Waals surface area (Å²) in [6, 6.07) is 9.75. The van der Waals surface area contributed by atoms with Gasteiger partial charge in [-0.2, -0.15) is 13.2 Å². The maximum absolute atomic E-state index is 12.7. The van der Waals surface area contributed by atoms with Gasteiger partial charge in [0.05, 0.1) is 22.9 Å². The highest BCUT2D eigenvalue weighted by Crippen LogP contribution is 2.29. The number of hydrogen-bond donors (Lipinski definition) is 2. The molecule has 2 rings (SSSR count). The molecule has 0 saturated heterocycles. The summed E-state index contributed by atoms with van der Waals surface area (Å²) in [5, 5.41) is 7.70. The SMILES string of the molecule is C[C@@H](NC(=O)Cc1cccc(C(F)(F)F)c1)c1cccc(S(N)(=O)=O)c1. The molecule has 3 N–H and O–H groups in total. The average molecular weight is 386 g/mol. The smallest absolute Gasteiger partial charge is 0.349 e. The molecule has 0 heterocycles. The lowest BCUT2D eigenvalue weighted by atomic mass is 10.1. The molecule has 0 saturated carbocycles. The monoisotopic (exact) mass is 386 g/mol. The molecule has 0 bridgehead atoms. The van der Waals surface area contributed by atoms with Crippen LogP contribution in [0.2, 0.25) is 0 Å². The number of hydrogen-bond acceptors (Lipinski definition) is 3. The molecule has 2 aromatic carbocycles. The predicted octanol–water partition coefficient (Wildman–Crippen LogP) is 2.77. The number of rotatable bonds is 5. The third kappa shape index (κ3) is 5.30. The standard InChI is InChI=1S/C17H17F3N2O3S/c1-11(13-5-3-7-15(10-13)26(21,24)25)22-16(23)9-12-4-2-6-14(8-12)17(18,19)20/h2-8,10-11H,9H2,1H3,(H,22,23)(H2,21,24,25)/t11-/m1/s1. The topological polar surface area (TPSA) is 89.3 Å². The van der Waals surface area contributed by atoms with Gasteiger partial charge in [0, 0.05) is 0 Å². The van der Waals surface area contributed by atoms with Crippen LogP contribution in [0.25, 0.3) is 0 Å². The van der Waals surface area contributed by atoms with E-state index in [-0.39, 0.29) is 16.9 Å². The summed E-state index contributed by atoms with van der Waals surface area (Å²) < 4.78 is 60.9. The first kappa shape index (κ1) is 19.9. The van der Waals surface area contributed by atoms with Gasteiger partial charge >= 0.3 is 6.18 Å². The highest BCUT2D eigenvalue weighted by molar-refractivity contribution is 7.89. The Morgan fingerprint density at radius 3 is 2.42 bits per heavy atom. The summed E-state index contributed by atoms with van der Waals surface area (Å²) in [6.07, 6.45) is -4.71. The van der Waals surface area contributed by atoms with Crippen LogP contribution in [0.1, 0.15) is 29.7 Å². The van der Waals surface area contributed by atoms with Gasteiger partial charge in [-0.05, 0) is 36.2 Å². The molecular weight excluding hydrogens is 369 g/mol. The van der Waals surface area contributed by atoms with E-state index in [2.05, 4.69) is 5.32 Å². The quantitative estimate of drug-likeness (QED) is 0.828. The van der Waals surface area contributed by atoms with Crippen molar-refractivity contribution in [3.63, 3.8) is 0 Å². The largest absolute Gasteiger partial charge is 0.416 e. The van der Waals surface area contributed by atoms with Crippen molar-refractivity contribution in [3.05, 3.63) is 65.2 Å². The highest BCUT2D eigenvalue weighted by Gasteiger charge is 2.30. The Labute approximate surface area is 149 Å². The van der Waals surface area contributed by atoms with Crippen LogP contribution in [0.15, 0.2) is 53.4 Å². The van der Waals surface area contributed by atoms with Crippen molar-refractivity contribution in [1.29, 1.82) is 0 Å². The minimum atomic E-state index is -4.48. The lowest BCUT2D eigenvalue weighted by molar-refractivity contribution is -0.137. The Morgan fingerprint density at radius 2 is 1.81 bits per heavy atom. The van der Waals surface area contributed by atoms with Crippen molar-refractivity contribution in [1.82, 2.24) is 5.32 Å². The van der Waals surface area contributed by atoms with Gasteiger partial charge in [0.25, 0.3) is 0 Å². The van der Waals surface area contributed by atoms with Gasteiger partial charge in [0.15, 0.2) is 0 Å². The van der Waals surface area contributed by atoms with Crippen LogP contribution in [0.5, 0.6) is 0 Å². The van der Waals surface area contributed by atoms with Crippen molar-refractivity contribution in [3.8, 4) is 0 Å². The lowest BCUT2D eigenvalue weighted by Crippen LogP contribution is -2.28. The van der Waals surface area contributed by atoms with E-state index in [1.54, 1.807) is 13.0 Å². The van der Waals surface area contributed by atoms with E-state index in [1.807, 2.05) is 0 Å². The van der Waals surface area contributed by atoms with Gasteiger partial charge in [0.1, 0.15) is 0 Å². The van der Waals surface area contributed by atoms with Gasteiger partial charge in [-0.25, -0.2) is 13.6 Å². The maximum atomic E-state index is 12.7. The van der Waals surface area contributed by atoms with Crippen LogP contribution in [0, 0.1) is 0 Å². The summed E-state index contributed by atoms with van der Waals surface area (Å²) in [5.41, 5.74) is -0.0894. The van der Waals surface area contributed by atoms with Gasteiger partial charge < -0.3 is 5.32 Å². The lowest BCUT2D eigenvalue weighted by Gasteiger charge is -2.15. The molecule has 0 radical (unpaired) electrons. The first-order chi connectivity index (χ1) is 12.0. The normalized spacial score (nSPS) is 13.3. The summed E-state index contributed by atoms with van der Waals surface area (Å²) in [5.74, 6) is -0.488. The molecule has 0 fully saturated rings. The summed E-state index contributed by atoms with van der Waals surface area (Å²) >= 11 is 0. The second kappa shape index (κ2) is 7.46.